The van der Waals surface area contributed by atoms with Crippen LogP contribution >= 0.6 is 12.4 Å². The van der Waals surface area contributed by atoms with E-state index in [1.807, 2.05) is 35.1 Å². The van der Waals surface area contributed by atoms with Crippen LogP contribution in [0.5, 0.6) is 5.75 Å². The largest absolute Gasteiger partial charge is 0.497 e. The maximum Gasteiger partial charge on any atom is 0.271 e. The monoisotopic (exact) mass is 394 g/mol. The summed E-state index contributed by atoms with van der Waals surface area (Å²) >= 11 is 0. The fourth-order valence-corrected chi connectivity index (χ4v) is 2.96. The van der Waals surface area contributed by atoms with E-state index in [9.17, 15) is 4.79 Å². The van der Waals surface area contributed by atoms with Crippen molar-refractivity contribution in [2.75, 3.05) is 33.4 Å². The zero-order valence-electron chi connectivity index (χ0n) is 15.5. The van der Waals surface area contributed by atoms with Crippen molar-refractivity contribution in [2.24, 2.45) is 0 Å². The number of halogens is 1. The third kappa shape index (κ3) is 6.23. The number of amides is 1. The highest BCUT2D eigenvalue weighted by molar-refractivity contribution is 5.92. The third-order valence-corrected chi connectivity index (χ3v) is 4.45. The van der Waals surface area contributed by atoms with Crippen molar-refractivity contribution in [3.05, 3.63) is 47.8 Å². The Balaban J connectivity index is 0.00000261. The molecular formula is C19H27ClN4O3. The van der Waals surface area contributed by atoms with Crippen molar-refractivity contribution in [2.45, 2.75) is 25.5 Å². The molecule has 2 N–H and O–H groups in total. The molecule has 148 valence electrons. The van der Waals surface area contributed by atoms with Crippen LogP contribution < -0.4 is 15.4 Å². The first-order chi connectivity index (χ1) is 12.8. The van der Waals surface area contributed by atoms with Crippen molar-refractivity contribution >= 4 is 18.3 Å². The molecule has 3 rings (SSSR count). The second kappa shape index (κ2) is 10.9. The molecule has 1 aliphatic heterocycles. The fraction of sp³-hybridized carbons (Fsp3) is 0.474. The van der Waals surface area contributed by atoms with Crippen molar-refractivity contribution in [1.29, 1.82) is 0 Å². The summed E-state index contributed by atoms with van der Waals surface area (Å²) in [5, 5.41) is 10.6. The zero-order chi connectivity index (χ0) is 18.2. The van der Waals surface area contributed by atoms with Gasteiger partial charge in [0.15, 0.2) is 0 Å². The topological polar surface area (TPSA) is 77.4 Å². The van der Waals surface area contributed by atoms with Crippen molar-refractivity contribution in [3.63, 3.8) is 0 Å². The molecular weight excluding hydrogens is 368 g/mol. The summed E-state index contributed by atoms with van der Waals surface area (Å²) in [6, 6.07) is 9.83. The van der Waals surface area contributed by atoms with E-state index in [1.54, 1.807) is 13.2 Å². The lowest BCUT2D eigenvalue weighted by molar-refractivity contribution is 0.0895. The first kappa shape index (κ1) is 21.2. The van der Waals surface area contributed by atoms with Gasteiger partial charge in [-0.3, -0.25) is 9.48 Å². The van der Waals surface area contributed by atoms with E-state index in [2.05, 4.69) is 15.7 Å². The second-order valence-corrected chi connectivity index (χ2v) is 6.34. The molecule has 1 amide bonds. The molecule has 27 heavy (non-hydrogen) atoms. The average Bonchev–Trinajstić information content (AvgIpc) is 3.19. The van der Waals surface area contributed by atoms with Gasteiger partial charge < -0.3 is 20.1 Å². The molecule has 8 heteroatoms. The minimum Gasteiger partial charge on any atom is -0.497 e. The highest BCUT2D eigenvalue weighted by atomic mass is 35.5. The highest BCUT2D eigenvalue weighted by Gasteiger charge is 2.17. The van der Waals surface area contributed by atoms with Gasteiger partial charge in [-0.15, -0.1) is 12.4 Å². The van der Waals surface area contributed by atoms with Gasteiger partial charge in [0.05, 0.1) is 26.4 Å². The van der Waals surface area contributed by atoms with Gasteiger partial charge >= 0.3 is 0 Å². The van der Waals surface area contributed by atoms with Crippen LogP contribution in [0.3, 0.4) is 0 Å². The number of piperidine rings is 1. The summed E-state index contributed by atoms with van der Waals surface area (Å²) in [6.45, 7) is 3.37. The number of nitrogens with zero attached hydrogens (tertiary/aromatic N) is 2. The summed E-state index contributed by atoms with van der Waals surface area (Å²) in [5.74, 6) is 0.657. The maximum absolute atomic E-state index is 12.2. The predicted octanol–water partition coefficient (Wildman–Crippen LogP) is 2.18. The lowest BCUT2D eigenvalue weighted by Crippen LogP contribution is -2.32. The van der Waals surface area contributed by atoms with E-state index in [0.29, 0.717) is 31.5 Å². The number of methoxy groups -OCH3 is 1. The Kier molecular flexibility index (Phi) is 8.57. The van der Waals surface area contributed by atoms with E-state index in [4.69, 9.17) is 9.47 Å². The molecule has 0 aliphatic carbocycles. The Morgan fingerprint density at radius 2 is 2.15 bits per heavy atom. The number of carbonyl (C=O) groups is 1. The molecule has 1 aliphatic rings. The summed E-state index contributed by atoms with van der Waals surface area (Å²) < 4.78 is 12.6. The minimum atomic E-state index is -0.166. The molecule has 1 aromatic heterocycles. The quantitative estimate of drug-likeness (QED) is 0.671. The summed E-state index contributed by atoms with van der Waals surface area (Å²) in [7, 11) is 1.64. The van der Waals surface area contributed by atoms with Crippen LogP contribution in [0.4, 0.5) is 0 Å². The molecule has 2 aromatic rings. The normalized spacial score (nSPS) is 16.4. The number of carbonyl (C=O) groups excluding carboxylic acids is 1. The maximum atomic E-state index is 12.2. The molecule has 1 fully saturated rings. The minimum absolute atomic E-state index is 0. The molecule has 0 spiro atoms. The molecule has 0 saturated carbocycles. The molecule has 7 nitrogen and oxygen atoms in total. The molecule has 0 bridgehead atoms. The van der Waals surface area contributed by atoms with Crippen LogP contribution in [0.25, 0.3) is 0 Å². The number of hydrogen-bond acceptors (Lipinski definition) is 5. The summed E-state index contributed by atoms with van der Waals surface area (Å²) in [4.78, 5) is 12.2. The average molecular weight is 395 g/mol. The third-order valence-electron chi connectivity index (χ3n) is 4.45. The van der Waals surface area contributed by atoms with Gasteiger partial charge in [0, 0.05) is 19.3 Å². The van der Waals surface area contributed by atoms with Gasteiger partial charge in [0.25, 0.3) is 5.91 Å². The Labute approximate surface area is 165 Å². The van der Waals surface area contributed by atoms with Gasteiger partial charge in [-0.1, -0.05) is 12.1 Å². The second-order valence-electron chi connectivity index (χ2n) is 6.34. The Morgan fingerprint density at radius 3 is 2.85 bits per heavy atom. The zero-order valence-corrected chi connectivity index (χ0v) is 16.3. The van der Waals surface area contributed by atoms with Crippen LogP contribution in [0.1, 0.15) is 34.9 Å². The fourth-order valence-electron chi connectivity index (χ4n) is 2.96. The van der Waals surface area contributed by atoms with Gasteiger partial charge in [-0.2, -0.15) is 5.10 Å². The van der Waals surface area contributed by atoms with Crippen molar-refractivity contribution in [1.82, 2.24) is 20.4 Å². The van der Waals surface area contributed by atoms with E-state index >= 15 is 0 Å². The van der Waals surface area contributed by atoms with Crippen molar-refractivity contribution < 1.29 is 14.3 Å². The van der Waals surface area contributed by atoms with Crippen LogP contribution in [0.15, 0.2) is 36.5 Å². The first-order valence-corrected chi connectivity index (χ1v) is 9.01. The number of nitrogens with one attached hydrogen (secondary N) is 2. The van der Waals surface area contributed by atoms with Crippen LogP contribution in [-0.2, 0) is 11.3 Å². The van der Waals surface area contributed by atoms with Crippen LogP contribution in [0.2, 0.25) is 0 Å². The highest BCUT2D eigenvalue weighted by Crippen LogP contribution is 2.15. The molecule has 2 heterocycles. The first-order valence-electron chi connectivity index (χ1n) is 9.01. The summed E-state index contributed by atoms with van der Waals surface area (Å²) in [5.41, 5.74) is 1.52. The number of benzene rings is 1. The molecule has 1 unspecified atom stereocenters. The van der Waals surface area contributed by atoms with E-state index < -0.39 is 0 Å². The van der Waals surface area contributed by atoms with E-state index in [0.717, 1.165) is 37.2 Å². The van der Waals surface area contributed by atoms with E-state index in [-0.39, 0.29) is 18.3 Å². The molecule has 1 saturated heterocycles. The molecule has 1 atom stereocenters. The Bertz CT molecular complexity index is 699. The summed E-state index contributed by atoms with van der Waals surface area (Å²) in [6.07, 6.45) is 4.11. The molecule has 1 aromatic carbocycles. The lowest BCUT2D eigenvalue weighted by atomic mass is 10.1. The SMILES string of the molecule is COc1ccc(COCCNC(=O)c2ccn(C3CCCNC3)n2)cc1.Cl. The number of hydrogen-bond donors (Lipinski definition) is 2. The number of rotatable bonds is 8. The van der Waals surface area contributed by atoms with E-state index in [1.165, 1.54) is 0 Å². The predicted molar refractivity (Wildman–Crippen MR) is 106 cm³/mol. The van der Waals surface area contributed by atoms with Crippen LogP contribution in [0, 0.1) is 0 Å². The lowest BCUT2D eigenvalue weighted by Gasteiger charge is -2.22. The molecule has 0 radical (unpaired) electrons. The number of aromatic nitrogens is 2. The van der Waals surface area contributed by atoms with Gasteiger partial charge in [0.1, 0.15) is 11.4 Å². The smallest absolute Gasteiger partial charge is 0.271 e. The standard InChI is InChI=1S/C19H26N4O3.ClH/c1-25-17-6-4-15(5-7-17)14-26-12-10-21-19(24)18-8-11-23(22-18)16-3-2-9-20-13-16;/h4-8,11,16,20H,2-3,9-10,12-14H2,1H3,(H,21,24);1H. The Morgan fingerprint density at radius 1 is 1.33 bits per heavy atom. The Hall–Kier alpha value is -2.09. The van der Waals surface area contributed by atoms with Gasteiger partial charge in [0.2, 0.25) is 0 Å². The van der Waals surface area contributed by atoms with Gasteiger partial charge in [-0.25, -0.2) is 0 Å². The number of ether oxygens (including phenoxy) is 2. The van der Waals surface area contributed by atoms with Crippen molar-refractivity contribution in [3.8, 4) is 5.75 Å². The van der Waals surface area contributed by atoms with Crippen LogP contribution in [-0.4, -0.2) is 49.0 Å². The van der Waals surface area contributed by atoms with Gasteiger partial charge in [-0.05, 0) is 43.1 Å².